The Morgan fingerprint density at radius 3 is 2.73 bits per heavy atom. The summed E-state index contributed by atoms with van der Waals surface area (Å²) in [6, 6.07) is 0.738. The fraction of sp³-hybridized carbons (Fsp3) is 0.636. The zero-order valence-corrected chi connectivity index (χ0v) is 9.13. The van der Waals surface area contributed by atoms with Gasteiger partial charge in [0.1, 0.15) is 0 Å². The van der Waals surface area contributed by atoms with Gasteiger partial charge in [0.2, 0.25) is 0 Å². The predicted octanol–water partition coefficient (Wildman–Crippen LogP) is 0.961. The van der Waals surface area contributed by atoms with Crippen LogP contribution in [0.4, 0.5) is 0 Å². The Morgan fingerprint density at radius 1 is 1.40 bits per heavy atom. The average molecular weight is 206 g/mol. The molecule has 0 amide bonds. The van der Waals surface area contributed by atoms with Gasteiger partial charge in [-0.05, 0) is 19.8 Å². The molecule has 0 aliphatic carbocycles. The maximum absolute atomic E-state index is 5.88. The molecule has 1 fully saturated rings. The second kappa shape index (κ2) is 4.68. The van der Waals surface area contributed by atoms with E-state index in [-0.39, 0.29) is 0 Å². The van der Waals surface area contributed by atoms with E-state index in [4.69, 9.17) is 5.73 Å². The zero-order chi connectivity index (χ0) is 10.7. The molecule has 4 nitrogen and oxygen atoms in total. The van der Waals surface area contributed by atoms with Crippen molar-refractivity contribution in [2.24, 2.45) is 5.73 Å². The molecule has 4 heteroatoms. The Morgan fingerprint density at radius 2 is 2.13 bits per heavy atom. The second-order valence-electron chi connectivity index (χ2n) is 4.18. The zero-order valence-electron chi connectivity index (χ0n) is 9.13. The quantitative estimate of drug-likeness (QED) is 0.783. The Kier molecular flexibility index (Phi) is 3.28. The molecule has 1 aliphatic rings. The van der Waals surface area contributed by atoms with Crippen molar-refractivity contribution in [3.8, 4) is 0 Å². The highest BCUT2D eigenvalue weighted by Crippen LogP contribution is 2.21. The van der Waals surface area contributed by atoms with Crippen LogP contribution in [0.5, 0.6) is 0 Å². The lowest BCUT2D eigenvalue weighted by atomic mass is 10.0. The molecule has 82 valence electrons. The summed E-state index contributed by atoms with van der Waals surface area (Å²) >= 11 is 0. The minimum absolute atomic E-state index is 0.353. The largest absolute Gasteiger partial charge is 0.328 e. The second-order valence-corrected chi connectivity index (χ2v) is 4.18. The van der Waals surface area contributed by atoms with Crippen LogP contribution in [0.15, 0.2) is 18.6 Å². The number of hydrogen-bond donors (Lipinski definition) is 1. The Hall–Kier alpha value is -1.00. The van der Waals surface area contributed by atoms with Gasteiger partial charge in [0, 0.05) is 37.7 Å². The van der Waals surface area contributed by atoms with E-state index in [1.807, 2.05) is 6.20 Å². The van der Waals surface area contributed by atoms with Gasteiger partial charge in [0.25, 0.3) is 0 Å². The first-order valence-electron chi connectivity index (χ1n) is 5.53. The minimum Gasteiger partial charge on any atom is -0.328 e. The Bertz CT molecular complexity index is 293. The third kappa shape index (κ3) is 2.52. The van der Waals surface area contributed by atoms with Gasteiger partial charge in [-0.2, -0.15) is 0 Å². The summed E-state index contributed by atoms with van der Waals surface area (Å²) in [5.41, 5.74) is 6.93. The summed E-state index contributed by atoms with van der Waals surface area (Å²) in [6.07, 6.45) is 7.48. The van der Waals surface area contributed by atoms with Crippen LogP contribution < -0.4 is 5.73 Å². The molecule has 15 heavy (non-hydrogen) atoms. The molecule has 2 heterocycles. The molecular weight excluding hydrogens is 188 g/mol. The van der Waals surface area contributed by atoms with E-state index in [1.165, 1.54) is 0 Å². The lowest BCUT2D eigenvalue weighted by Gasteiger charge is -2.34. The highest BCUT2D eigenvalue weighted by Gasteiger charge is 2.22. The Labute approximate surface area is 90.5 Å². The highest BCUT2D eigenvalue weighted by atomic mass is 15.2. The van der Waals surface area contributed by atoms with Gasteiger partial charge < -0.3 is 5.73 Å². The van der Waals surface area contributed by atoms with Crippen molar-refractivity contribution < 1.29 is 0 Å². The molecular formula is C11H18N4. The van der Waals surface area contributed by atoms with E-state index in [1.54, 1.807) is 12.4 Å². The fourth-order valence-corrected chi connectivity index (χ4v) is 2.02. The summed E-state index contributed by atoms with van der Waals surface area (Å²) in [7, 11) is 0. The van der Waals surface area contributed by atoms with Crippen LogP contribution in [-0.4, -0.2) is 34.0 Å². The van der Waals surface area contributed by atoms with Crippen LogP contribution in [0.3, 0.4) is 0 Å². The van der Waals surface area contributed by atoms with E-state index >= 15 is 0 Å². The normalized spacial score (nSPS) is 21.5. The molecule has 0 saturated carbocycles. The van der Waals surface area contributed by atoms with Crippen molar-refractivity contribution in [1.29, 1.82) is 0 Å². The number of rotatable bonds is 2. The van der Waals surface area contributed by atoms with E-state index in [9.17, 15) is 0 Å². The minimum atomic E-state index is 0.353. The molecule has 0 radical (unpaired) electrons. The van der Waals surface area contributed by atoms with Gasteiger partial charge in [-0.25, -0.2) is 0 Å². The highest BCUT2D eigenvalue weighted by molar-refractivity contribution is 5.01. The molecule has 1 atom stereocenters. The first-order chi connectivity index (χ1) is 7.27. The molecule has 0 aromatic carbocycles. The lowest BCUT2D eigenvalue weighted by molar-refractivity contribution is 0.160. The molecule has 1 unspecified atom stereocenters. The monoisotopic (exact) mass is 206 g/mol. The number of nitrogens with two attached hydrogens (primary N) is 1. The molecule has 0 spiro atoms. The predicted molar refractivity (Wildman–Crippen MR) is 59.2 cm³/mol. The molecule has 1 saturated heterocycles. The number of hydrogen-bond acceptors (Lipinski definition) is 4. The number of nitrogens with zero attached hydrogens (tertiary/aromatic N) is 3. The van der Waals surface area contributed by atoms with Crippen LogP contribution in [0, 0.1) is 0 Å². The number of likely N-dealkylation sites (tertiary alicyclic amines) is 1. The molecule has 2 rings (SSSR count). The molecule has 1 aromatic rings. The van der Waals surface area contributed by atoms with Crippen LogP contribution in [0.1, 0.15) is 31.5 Å². The van der Waals surface area contributed by atoms with Gasteiger partial charge >= 0.3 is 0 Å². The smallest absolute Gasteiger partial charge is 0.0755 e. The van der Waals surface area contributed by atoms with Crippen molar-refractivity contribution in [3.63, 3.8) is 0 Å². The van der Waals surface area contributed by atoms with Crippen LogP contribution >= 0.6 is 0 Å². The van der Waals surface area contributed by atoms with Crippen molar-refractivity contribution in [2.45, 2.75) is 31.8 Å². The maximum atomic E-state index is 5.88. The average Bonchev–Trinajstić information content (AvgIpc) is 2.30. The van der Waals surface area contributed by atoms with Crippen LogP contribution in [-0.2, 0) is 0 Å². The molecule has 1 aromatic heterocycles. The Balaban J connectivity index is 1.99. The summed E-state index contributed by atoms with van der Waals surface area (Å²) in [5.74, 6) is 0. The van der Waals surface area contributed by atoms with Crippen molar-refractivity contribution >= 4 is 0 Å². The standard InChI is InChI=1S/C11H18N4/c1-9(11-8-13-4-5-14-11)15-6-2-10(12)3-7-15/h4-5,8-10H,2-3,6-7,12H2,1H3. The summed E-state index contributed by atoms with van der Waals surface area (Å²) < 4.78 is 0. The van der Waals surface area contributed by atoms with Gasteiger partial charge in [-0.3, -0.25) is 14.9 Å². The first kappa shape index (κ1) is 10.5. The van der Waals surface area contributed by atoms with E-state index in [0.717, 1.165) is 31.6 Å². The molecule has 1 aliphatic heterocycles. The van der Waals surface area contributed by atoms with E-state index < -0.39 is 0 Å². The fourth-order valence-electron chi connectivity index (χ4n) is 2.02. The third-order valence-electron chi connectivity index (χ3n) is 3.13. The SMILES string of the molecule is CC(c1cnccn1)N1CCC(N)CC1. The summed E-state index contributed by atoms with van der Waals surface area (Å²) in [5, 5.41) is 0. The lowest BCUT2D eigenvalue weighted by Crippen LogP contribution is -2.41. The van der Waals surface area contributed by atoms with Gasteiger partial charge in [-0.15, -0.1) is 0 Å². The van der Waals surface area contributed by atoms with E-state index in [0.29, 0.717) is 12.1 Å². The summed E-state index contributed by atoms with van der Waals surface area (Å²) in [6.45, 7) is 4.32. The summed E-state index contributed by atoms with van der Waals surface area (Å²) in [4.78, 5) is 10.9. The number of aromatic nitrogens is 2. The van der Waals surface area contributed by atoms with Gasteiger partial charge in [0.05, 0.1) is 11.7 Å². The number of piperidine rings is 1. The first-order valence-corrected chi connectivity index (χ1v) is 5.53. The van der Waals surface area contributed by atoms with Crippen molar-refractivity contribution in [3.05, 3.63) is 24.3 Å². The van der Waals surface area contributed by atoms with Crippen molar-refractivity contribution in [1.82, 2.24) is 14.9 Å². The van der Waals surface area contributed by atoms with Gasteiger partial charge in [0.15, 0.2) is 0 Å². The van der Waals surface area contributed by atoms with Crippen LogP contribution in [0.25, 0.3) is 0 Å². The maximum Gasteiger partial charge on any atom is 0.0755 e. The molecule has 2 N–H and O–H groups in total. The van der Waals surface area contributed by atoms with Crippen molar-refractivity contribution in [2.75, 3.05) is 13.1 Å². The third-order valence-corrected chi connectivity index (χ3v) is 3.13. The topological polar surface area (TPSA) is 55.0 Å². The van der Waals surface area contributed by atoms with E-state index in [2.05, 4.69) is 21.8 Å². The van der Waals surface area contributed by atoms with Gasteiger partial charge in [-0.1, -0.05) is 0 Å². The van der Waals surface area contributed by atoms with Crippen LogP contribution in [0.2, 0.25) is 0 Å². The molecule has 0 bridgehead atoms.